The maximum Gasteiger partial charge on any atom is 0.280 e. The first-order valence-corrected chi connectivity index (χ1v) is 28.9. The summed E-state index contributed by atoms with van der Waals surface area (Å²) in [5.41, 5.74) is 4.55. The van der Waals surface area contributed by atoms with Gasteiger partial charge in [-0.15, -0.1) is 4.91 Å². The predicted octanol–water partition coefficient (Wildman–Crippen LogP) is 10.5. The van der Waals surface area contributed by atoms with Gasteiger partial charge in [0, 0.05) is 100 Å². The number of amides is 1. The monoisotopic (exact) mass is 1100 g/mol. The quantitative estimate of drug-likeness (QED) is 0.0626. The highest BCUT2D eigenvalue weighted by Crippen LogP contribution is 2.54. The van der Waals surface area contributed by atoms with Crippen LogP contribution in [0, 0.1) is 22.1 Å². The van der Waals surface area contributed by atoms with Gasteiger partial charge < -0.3 is 34.5 Å². The maximum absolute atomic E-state index is 15.0. The van der Waals surface area contributed by atoms with E-state index in [4.69, 9.17) is 14.2 Å². The van der Waals surface area contributed by atoms with E-state index in [0.717, 1.165) is 95.3 Å². The summed E-state index contributed by atoms with van der Waals surface area (Å²) in [5.74, 6) is -0.160. The van der Waals surface area contributed by atoms with Crippen LogP contribution in [-0.2, 0) is 16.6 Å². The van der Waals surface area contributed by atoms with Crippen molar-refractivity contribution in [3.05, 3.63) is 130 Å². The van der Waals surface area contributed by atoms with E-state index in [1.807, 2.05) is 19.1 Å². The van der Waals surface area contributed by atoms with Crippen molar-refractivity contribution in [1.82, 2.24) is 33.9 Å². The van der Waals surface area contributed by atoms with Crippen LogP contribution in [0.1, 0.15) is 111 Å². The number of aromatic amines is 1. The number of pyridine rings is 2. The Morgan fingerprint density at radius 1 is 0.949 bits per heavy atom. The molecule has 79 heavy (non-hydrogen) atoms. The van der Waals surface area contributed by atoms with Gasteiger partial charge in [0.25, 0.3) is 21.8 Å². The number of sulfonamides is 1. The van der Waals surface area contributed by atoms with Crippen LogP contribution in [0.25, 0.3) is 16.7 Å². The number of piperazine rings is 1. The molecule has 7 aromatic rings. The average Bonchev–Trinajstić information content (AvgIpc) is 4.11. The number of nitrogens with zero attached hydrogens (tertiary/aromatic N) is 7. The fraction of sp³-hybridized carbons (Fsp3) is 0.441. The number of nitrogens with one attached hydrogen (secondary N) is 3. The molecule has 2 aliphatic carbocycles. The van der Waals surface area contributed by atoms with Crippen LogP contribution in [0.3, 0.4) is 0 Å². The first-order valence-electron chi connectivity index (χ1n) is 27.4. The third-order valence-corrected chi connectivity index (χ3v) is 18.5. The summed E-state index contributed by atoms with van der Waals surface area (Å²) >= 11 is 0. The number of imidazole rings is 1. The van der Waals surface area contributed by atoms with Crippen molar-refractivity contribution in [2.45, 2.75) is 107 Å². The Morgan fingerprint density at radius 2 is 1.71 bits per heavy atom. The molecule has 4 aromatic heterocycles. The van der Waals surface area contributed by atoms with Crippen LogP contribution in [0.2, 0.25) is 0 Å². The Bertz CT molecular complexity index is 3490. The number of hydrogen-bond acceptors (Lipinski definition) is 15. The van der Waals surface area contributed by atoms with Crippen LogP contribution in [-0.4, -0.2) is 114 Å². The Hall–Kier alpha value is -7.13. The molecular formula is C59H69FN10O8S. The molecule has 416 valence electrons. The summed E-state index contributed by atoms with van der Waals surface area (Å²) in [6.07, 6.45) is 10.9. The molecule has 11 rings (SSSR count). The molecule has 18 nitrogen and oxygen atoms in total. The molecule has 1 spiro atoms. The molecule has 4 N–H and O–H groups in total. The summed E-state index contributed by atoms with van der Waals surface area (Å²) in [6, 6.07) is 25.6. The van der Waals surface area contributed by atoms with Gasteiger partial charge in [0.05, 0.1) is 30.8 Å². The number of aliphatic hydroxyl groups is 1. The minimum atomic E-state index is -4.73. The van der Waals surface area contributed by atoms with Crippen molar-refractivity contribution in [3.63, 3.8) is 0 Å². The molecule has 1 amide bonds. The topological polar surface area (TPSA) is 208 Å². The normalized spacial score (nSPS) is 21.1. The van der Waals surface area contributed by atoms with Gasteiger partial charge in [-0.1, -0.05) is 50.2 Å². The van der Waals surface area contributed by atoms with Crippen LogP contribution in [0.5, 0.6) is 23.1 Å². The number of nitroso groups, excluding NO2 is 1. The number of carbonyl (C=O) groups excluding carboxylic acids is 1. The van der Waals surface area contributed by atoms with E-state index in [1.165, 1.54) is 58.9 Å². The fourth-order valence-electron chi connectivity index (χ4n) is 12.6. The van der Waals surface area contributed by atoms with Gasteiger partial charge in [-0.05, 0) is 122 Å². The van der Waals surface area contributed by atoms with E-state index in [9.17, 15) is 23.2 Å². The molecule has 6 heterocycles. The highest BCUT2D eigenvalue weighted by molar-refractivity contribution is 7.90. The number of piperidine rings is 1. The van der Waals surface area contributed by atoms with Crippen molar-refractivity contribution >= 4 is 49.7 Å². The summed E-state index contributed by atoms with van der Waals surface area (Å²) in [7, 11) is -1.64. The number of halogens is 1. The molecule has 2 saturated heterocycles. The average molecular weight is 1100 g/mol. The number of benzene rings is 3. The summed E-state index contributed by atoms with van der Waals surface area (Å²) < 4.78 is 64.7. The van der Waals surface area contributed by atoms with Gasteiger partial charge in [0.1, 0.15) is 34.3 Å². The van der Waals surface area contributed by atoms with E-state index < -0.39 is 32.4 Å². The van der Waals surface area contributed by atoms with Gasteiger partial charge in [0.15, 0.2) is 16.4 Å². The second kappa shape index (κ2) is 21.8. The minimum absolute atomic E-state index is 0.0000637. The summed E-state index contributed by atoms with van der Waals surface area (Å²) in [5, 5.41) is 16.6. The molecule has 20 heteroatoms. The number of H-pyrrole nitrogens is 1. The molecule has 1 atom stereocenters. The van der Waals surface area contributed by atoms with Gasteiger partial charge in [-0.2, -0.15) is 13.4 Å². The molecule has 2 aliphatic heterocycles. The zero-order chi connectivity index (χ0) is 55.2. The zero-order valence-electron chi connectivity index (χ0n) is 45.4. The van der Waals surface area contributed by atoms with Gasteiger partial charge in [-0.25, -0.2) is 14.1 Å². The lowest BCUT2D eigenvalue weighted by atomic mass is 9.59. The second-order valence-electron chi connectivity index (χ2n) is 22.7. The van der Waals surface area contributed by atoms with E-state index >= 15 is 4.39 Å². The zero-order valence-corrected chi connectivity index (χ0v) is 46.2. The predicted molar refractivity (Wildman–Crippen MR) is 301 cm³/mol. The molecule has 0 radical (unpaired) electrons. The van der Waals surface area contributed by atoms with Crippen LogP contribution < -0.4 is 29.1 Å². The highest BCUT2D eigenvalue weighted by atomic mass is 32.2. The highest BCUT2D eigenvalue weighted by Gasteiger charge is 2.50. The lowest BCUT2D eigenvalue weighted by molar-refractivity contribution is -0.0628. The van der Waals surface area contributed by atoms with Gasteiger partial charge >= 0.3 is 0 Å². The Morgan fingerprint density at radius 3 is 2.43 bits per heavy atom. The number of aromatic nitrogens is 4. The Labute approximate surface area is 459 Å². The number of rotatable bonds is 17. The van der Waals surface area contributed by atoms with Gasteiger partial charge in [-0.3, -0.25) is 19.0 Å². The number of methoxy groups -OCH3 is 2. The molecule has 4 fully saturated rings. The summed E-state index contributed by atoms with van der Waals surface area (Å²) in [4.78, 5) is 46.0. The number of anilines is 2. The lowest BCUT2D eigenvalue weighted by Gasteiger charge is -2.58. The number of hydrogen-bond donors (Lipinski definition) is 4. The van der Waals surface area contributed by atoms with Crippen molar-refractivity contribution in [1.29, 1.82) is 0 Å². The number of carbonyl (C=O) groups is 1. The van der Waals surface area contributed by atoms with Crippen molar-refractivity contribution in [2.24, 2.45) is 16.5 Å². The lowest BCUT2D eigenvalue weighted by Crippen LogP contribution is -2.60. The van der Waals surface area contributed by atoms with Crippen LogP contribution >= 0.6 is 0 Å². The minimum Gasteiger partial charge on any atom is -0.497 e. The third-order valence-electron chi connectivity index (χ3n) is 17.2. The Kier molecular flexibility index (Phi) is 14.9. The standard InChI is InChI=1S/C59H69FN10O8S/c1-37(2)43-8-6-7-9-44(43)49-36-67(35-39-10-13-42(76-4)14-11-39)26-27-69(49)41-31-59(32-41)20-23-68(24-21-59)40-12-15-45(50(28-40)78-51-29-46-47(60)34-63-54(46)64-57(51)77-5)56(71)66-79(74,75)52-30-48(65-73)53(55-61-22-25-70(52)55)62-33-38-16-18-58(3,72)19-17-38/h6-15,22,25,28-30,34,37-38,41,49,62,72H,16-21,23-24,26-27,31-33,35-36H2,1-5H3,(H,63,64)(H,66,71)/t38?,49-,58?/m0/s1. The molecule has 3 aromatic carbocycles. The smallest absolute Gasteiger partial charge is 0.280 e. The number of fused-ring (bicyclic) bond motifs is 2. The third kappa shape index (κ3) is 11.0. The number of ether oxygens (including phenoxy) is 3. The molecule has 0 unspecified atom stereocenters. The van der Waals surface area contributed by atoms with E-state index in [2.05, 4.69) is 95.1 Å². The molecule has 2 saturated carbocycles. The van der Waals surface area contributed by atoms with E-state index in [0.29, 0.717) is 31.3 Å². The SMILES string of the molecule is COc1ccc(CN2CCN(C3CC4(CCN(c5ccc(C(=O)NS(=O)(=O)c6cc(N=O)c(NCC7CCC(C)(O)CC7)c7nccn67)c(Oc6cc7c(F)c[nH]c7nc6OC)c5)CC4)C3)[C@H](c3ccccc3C(C)C)C2)cc1. The molecule has 4 aliphatic rings. The maximum atomic E-state index is 15.0. The second-order valence-corrected chi connectivity index (χ2v) is 24.3. The fourth-order valence-corrected chi connectivity index (χ4v) is 13.8. The summed E-state index contributed by atoms with van der Waals surface area (Å²) in [6.45, 7) is 12.1. The Balaban J connectivity index is 0.821. The largest absolute Gasteiger partial charge is 0.497 e. The van der Waals surface area contributed by atoms with Crippen molar-refractivity contribution in [3.8, 4) is 23.1 Å². The van der Waals surface area contributed by atoms with E-state index in [-0.39, 0.29) is 68.4 Å². The van der Waals surface area contributed by atoms with Gasteiger partial charge in [0.2, 0.25) is 0 Å². The first-order chi connectivity index (χ1) is 38.0. The molecule has 0 bridgehead atoms. The van der Waals surface area contributed by atoms with E-state index in [1.54, 1.807) is 19.2 Å². The van der Waals surface area contributed by atoms with Crippen molar-refractivity contribution in [2.75, 3.05) is 63.7 Å². The van der Waals surface area contributed by atoms with Crippen LogP contribution in [0.4, 0.5) is 21.5 Å². The van der Waals surface area contributed by atoms with Crippen LogP contribution in [0.15, 0.2) is 108 Å². The van der Waals surface area contributed by atoms with Crippen molar-refractivity contribution < 1.29 is 36.9 Å². The first kappa shape index (κ1) is 53.9. The molecular weight excluding hydrogens is 1030 g/mol.